The third kappa shape index (κ3) is 3.83. The van der Waals surface area contributed by atoms with Crippen LogP contribution in [0.2, 0.25) is 0 Å². The minimum absolute atomic E-state index is 0.0176. The van der Waals surface area contributed by atoms with E-state index in [0.717, 1.165) is 43.9 Å². The molecule has 0 amide bonds. The largest absolute Gasteiger partial charge is 0.458 e. The summed E-state index contributed by atoms with van der Waals surface area (Å²) in [6.45, 7) is 13.0. The van der Waals surface area contributed by atoms with Crippen LogP contribution in [0.3, 0.4) is 0 Å². The summed E-state index contributed by atoms with van der Waals surface area (Å²) >= 11 is 0. The maximum Gasteiger partial charge on any atom is 0.329 e. The second kappa shape index (κ2) is 6.76. The molecule has 0 radical (unpaired) electrons. The van der Waals surface area contributed by atoms with Crippen molar-refractivity contribution in [3.8, 4) is 0 Å². The van der Waals surface area contributed by atoms with Gasteiger partial charge in [-0.25, -0.2) is 4.79 Å². The van der Waals surface area contributed by atoms with Gasteiger partial charge in [0.15, 0.2) is 0 Å². The van der Waals surface area contributed by atoms with E-state index in [9.17, 15) is 4.79 Å². The molecule has 1 aromatic carbocycles. The highest BCUT2D eigenvalue weighted by Gasteiger charge is 2.44. The van der Waals surface area contributed by atoms with E-state index < -0.39 is 5.60 Å². The number of carbonyl (C=O) groups is 1. The lowest BCUT2D eigenvalue weighted by molar-refractivity contribution is -0.158. The average Bonchev–Trinajstić information content (AvgIpc) is 2.77. The van der Waals surface area contributed by atoms with Crippen LogP contribution in [0.4, 0.5) is 11.4 Å². The SMILES string of the molecule is CC(C)(C)OC(=O)C(C1CCNCC1)N1CC(C)(C)c2ccc(N)cc21. The number of nitrogens with zero attached hydrogens (tertiary/aromatic N) is 1. The summed E-state index contributed by atoms with van der Waals surface area (Å²) < 4.78 is 5.85. The van der Waals surface area contributed by atoms with Crippen LogP contribution < -0.4 is 16.0 Å². The predicted octanol–water partition coefficient (Wildman–Crippen LogP) is 3.08. The second-order valence-electron chi connectivity index (χ2n) is 9.35. The topological polar surface area (TPSA) is 67.6 Å². The zero-order valence-electron chi connectivity index (χ0n) is 16.8. The highest BCUT2D eigenvalue weighted by Crippen LogP contribution is 2.44. The molecular formula is C21H33N3O2. The Hall–Kier alpha value is -1.75. The normalized spacial score (nSPS) is 21.3. The first-order chi connectivity index (χ1) is 12.1. The molecule has 0 aliphatic carbocycles. The molecule has 2 heterocycles. The number of anilines is 2. The third-order valence-corrected chi connectivity index (χ3v) is 5.44. The van der Waals surface area contributed by atoms with Gasteiger partial charge >= 0.3 is 5.97 Å². The van der Waals surface area contributed by atoms with Crippen molar-refractivity contribution >= 4 is 17.3 Å². The van der Waals surface area contributed by atoms with Crippen LogP contribution in [0.25, 0.3) is 0 Å². The fraction of sp³-hybridized carbons (Fsp3) is 0.667. The molecule has 5 nitrogen and oxygen atoms in total. The Kier molecular flexibility index (Phi) is 4.95. The minimum Gasteiger partial charge on any atom is -0.458 e. The predicted molar refractivity (Wildman–Crippen MR) is 106 cm³/mol. The van der Waals surface area contributed by atoms with Crippen LogP contribution in [0.5, 0.6) is 0 Å². The monoisotopic (exact) mass is 359 g/mol. The Balaban J connectivity index is 1.99. The van der Waals surface area contributed by atoms with Gasteiger partial charge in [0.2, 0.25) is 0 Å². The molecular weight excluding hydrogens is 326 g/mol. The average molecular weight is 360 g/mol. The summed E-state index contributed by atoms with van der Waals surface area (Å²) in [5.41, 5.74) is 8.66. The van der Waals surface area contributed by atoms with Crippen molar-refractivity contribution in [3.05, 3.63) is 23.8 Å². The van der Waals surface area contributed by atoms with Gasteiger partial charge in [0.1, 0.15) is 11.6 Å². The van der Waals surface area contributed by atoms with Crippen LogP contribution in [0, 0.1) is 5.92 Å². The summed E-state index contributed by atoms with van der Waals surface area (Å²) in [7, 11) is 0. The van der Waals surface area contributed by atoms with Crippen LogP contribution in [0.1, 0.15) is 53.0 Å². The Morgan fingerprint density at radius 3 is 2.58 bits per heavy atom. The van der Waals surface area contributed by atoms with Gasteiger partial charge in [0.25, 0.3) is 0 Å². The van der Waals surface area contributed by atoms with Crippen molar-refractivity contribution in [2.75, 3.05) is 30.3 Å². The Morgan fingerprint density at radius 1 is 1.31 bits per heavy atom. The molecule has 0 aromatic heterocycles. The maximum absolute atomic E-state index is 13.2. The van der Waals surface area contributed by atoms with E-state index in [0.29, 0.717) is 0 Å². The van der Waals surface area contributed by atoms with Crippen LogP contribution >= 0.6 is 0 Å². The van der Waals surface area contributed by atoms with Gasteiger partial charge in [-0.3, -0.25) is 0 Å². The van der Waals surface area contributed by atoms with E-state index in [1.807, 2.05) is 32.9 Å². The van der Waals surface area contributed by atoms with Crippen molar-refractivity contribution < 1.29 is 9.53 Å². The molecule has 5 heteroatoms. The van der Waals surface area contributed by atoms with Crippen molar-refractivity contribution in [3.63, 3.8) is 0 Å². The Bertz CT molecular complexity index is 672. The van der Waals surface area contributed by atoms with Gasteiger partial charge in [-0.1, -0.05) is 19.9 Å². The summed E-state index contributed by atoms with van der Waals surface area (Å²) in [5, 5.41) is 3.40. The fourth-order valence-electron chi connectivity index (χ4n) is 4.30. The highest BCUT2D eigenvalue weighted by atomic mass is 16.6. The fourth-order valence-corrected chi connectivity index (χ4v) is 4.30. The molecule has 1 unspecified atom stereocenters. The summed E-state index contributed by atoms with van der Waals surface area (Å²) in [5.74, 6) is 0.171. The number of benzene rings is 1. The van der Waals surface area contributed by atoms with E-state index in [-0.39, 0.29) is 23.3 Å². The van der Waals surface area contributed by atoms with E-state index in [1.54, 1.807) is 0 Å². The number of rotatable bonds is 3. The number of esters is 1. The minimum atomic E-state index is -0.490. The van der Waals surface area contributed by atoms with Gasteiger partial charge in [0, 0.05) is 23.3 Å². The number of nitrogen functional groups attached to an aromatic ring is 1. The molecule has 1 fully saturated rings. The standard InChI is InChI=1S/C21H33N3O2/c1-20(2,3)26-19(25)18(14-8-10-23-11-9-14)24-13-21(4,5)16-7-6-15(22)12-17(16)24/h6-7,12,14,18,23H,8-11,13,22H2,1-5H3. The van der Waals surface area contributed by atoms with Crippen molar-refractivity contribution in [1.29, 1.82) is 0 Å². The van der Waals surface area contributed by atoms with Crippen LogP contribution in [-0.4, -0.2) is 37.2 Å². The lowest BCUT2D eigenvalue weighted by Crippen LogP contribution is -2.52. The third-order valence-electron chi connectivity index (χ3n) is 5.44. The maximum atomic E-state index is 13.2. The van der Waals surface area contributed by atoms with E-state index in [1.165, 1.54) is 5.56 Å². The van der Waals surface area contributed by atoms with E-state index in [2.05, 4.69) is 30.1 Å². The first-order valence-corrected chi connectivity index (χ1v) is 9.69. The Morgan fingerprint density at radius 2 is 1.96 bits per heavy atom. The van der Waals surface area contributed by atoms with Gasteiger partial charge in [-0.2, -0.15) is 0 Å². The lowest BCUT2D eigenvalue weighted by atomic mass is 9.86. The number of nitrogens with two attached hydrogens (primary N) is 1. The number of fused-ring (bicyclic) bond motifs is 1. The molecule has 1 saturated heterocycles. The van der Waals surface area contributed by atoms with Crippen molar-refractivity contribution in [2.45, 2.75) is 64.5 Å². The molecule has 144 valence electrons. The highest BCUT2D eigenvalue weighted by molar-refractivity contribution is 5.83. The molecule has 0 spiro atoms. The van der Waals surface area contributed by atoms with Gasteiger partial charge in [-0.15, -0.1) is 0 Å². The molecule has 1 atom stereocenters. The zero-order chi connectivity index (χ0) is 19.1. The first-order valence-electron chi connectivity index (χ1n) is 9.69. The number of carbonyl (C=O) groups excluding carboxylic acids is 1. The molecule has 2 aliphatic heterocycles. The van der Waals surface area contributed by atoms with Gasteiger partial charge in [-0.05, 0) is 70.3 Å². The number of ether oxygens (including phenoxy) is 1. The summed E-state index contributed by atoms with van der Waals surface area (Å²) in [6.07, 6.45) is 1.97. The van der Waals surface area contributed by atoms with Gasteiger partial charge in [0.05, 0.1) is 0 Å². The summed E-state index contributed by atoms with van der Waals surface area (Å²) in [6, 6.07) is 5.82. The van der Waals surface area contributed by atoms with Crippen molar-refractivity contribution in [1.82, 2.24) is 5.32 Å². The van der Waals surface area contributed by atoms with Crippen molar-refractivity contribution in [2.24, 2.45) is 5.92 Å². The molecule has 3 rings (SSSR count). The second-order valence-corrected chi connectivity index (χ2v) is 9.35. The lowest BCUT2D eigenvalue weighted by Gasteiger charge is -2.38. The van der Waals surface area contributed by atoms with E-state index in [4.69, 9.17) is 10.5 Å². The molecule has 3 N–H and O–H groups in total. The summed E-state index contributed by atoms with van der Waals surface area (Å²) in [4.78, 5) is 15.5. The molecule has 0 saturated carbocycles. The smallest absolute Gasteiger partial charge is 0.329 e. The van der Waals surface area contributed by atoms with Crippen LogP contribution in [0.15, 0.2) is 18.2 Å². The number of hydrogen-bond acceptors (Lipinski definition) is 5. The van der Waals surface area contributed by atoms with E-state index >= 15 is 0 Å². The molecule has 1 aromatic rings. The number of nitrogens with one attached hydrogen (secondary N) is 1. The quantitative estimate of drug-likeness (QED) is 0.641. The molecule has 0 bridgehead atoms. The number of hydrogen-bond donors (Lipinski definition) is 2. The van der Waals surface area contributed by atoms with Gasteiger partial charge < -0.3 is 20.7 Å². The molecule has 2 aliphatic rings. The molecule has 26 heavy (non-hydrogen) atoms. The zero-order valence-corrected chi connectivity index (χ0v) is 16.8. The first kappa shape index (κ1) is 19.0. The number of piperidine rings is 1. The Labute approximate surface area is 157 Å². The van der Waals surface area contributed by atoms with Crippen LogP contribution in [-0.2, 0) is 14.9 Å².